The molecule has 0 fully saturated rings. The van der Waals surface area contributed by atoms with E-state index >= 15 is 0 Å². The van der Waals surface area contributed by atoms with Gasteiger partial charge >= 0.3 is 0 Å². The molecule has 0 spiro atoms. The van der Waals surface area contributed by atoms with Crippen LogP contribution in [0.25, 0.3) is 0 Å². The Labute approximate surface area is 107 Å². The van der Waals surface area contributed by atoms with Crippen molar-refractivity contribution in [2.24, 2.45) is 0 Å². The minimum absolute atomic E-state index is 0.314. The number of rotatable bonds is 4. The molecule has 90 valence electrons. The van der Waals surface area contributed by atoms with E-state index in [9.17, 15) is 0 Å². The molecule has 0 aliphatic carbocycles. The zero-order valence-electron chi connectivity index (χ0n) is 10.5. The van der Waals surface area contributed by atoms with Crippen molar-refractivity contribution in [3.63, 3.8) is 0 Å². The van der Waals surface area contributed by atoms with E-state index in [1.165, 1.54) is 11.1 Å². The highest BCUT2D eigenvalue weighted by molar-refractivity contribution is 7.09. The van der Waals surface area contributed by atoms with Gasteiger partial charge in [0.25, 0.3) is 0 Å². The number of aromatic nitrogens is 1. The van der Waals surface area contributed by atoms with Crippen LogP contribution in [-0.2, 0) is 6.54 Å². The number of thiazole rings is 1. The third kappa shape index (κ3) is 3.38. The summed E-state index contributed by atoms with van der Waals surface area (Å²) in [4.78, 5) is 4.50. The number of hydrogen-bond acceptors (Lipinski definition) is 3. The van der Waals surface area contributed by atoms with Crippen LogP contribution in [0, 0.1) is 13.8 Å². The second-order valence-electron chi connectivity index (χ2n) is 4.42. The van der Waals surface area contributed by atoms with E-state index in [1.807, 2.05) is 6.92 Å². The fraction of sp³-hybridized carbons (Fsp3) is 0.357. The van der Waals surface area contributed by atoms with Crippen LogP contribution in [0.3, 0.4) is 0 Å². The first-order valence-corrected chi connectivity index (χ1v) is 6.74. The molecule has 0 radical (unpaired) electrons. The number of benzene rings is 1. The second kappa shape index (κ2) is 5.43. The van der Waals surface area contributed by atoms with Crippen molar-refractivity contribution in [3.05, 3.63) is 51.5 Å². The van der Waals surface area contributed by atoms with Crippen molar-refractivity contribution in [2.75, 3.05) is 0 Å². The van der Waals surface area contributed by atoms with E-state index in [1.54, 1.807) is 11.3 Å². The van der Waals surface area contributed by atoms with Gasteiger partial charge in [-0.15, -0.1) is 11.3 Å². The van der Waals surface area contributed by atoms with E-state index in [2.05, 4.69) is 53.8 Å². The zero-order chi connectivity index (χ0) is 12.3. The molecule has 0 aliphatic heterocycles. The Bertz CT molecular complexity index is 490. The second-order valence-corrected chi connectivity index (χ2v) is 5.31. The quantitative estimate of drug-likeness (QED) is 0.891. The molecular weight excluding hydrogens is 228 g/mol. The maximum atomic E-state index is 4.50. The number of hydrogen-bond donors (Lipinski definition) is 1. The molecule has 1 atom stereocenters. The lowest BCUT2D eigenvalue weighted by atomic mass is 10.1. The van der Waals surface area contributed by atoms with E-state index in [0.717, 1.165) is 17.2 Å². The molecule has 1 N–H and O–H groups in total. The fourth-order valence-corrected chi connectivity index (χ4v) is 2.58. The largest absolute Gasteiger partial charge is 0.304 e. The first kappa shape index (κ1) is 12.3. The Hall–Kier alpha value is -1.19. The summed E-state index contributed by atoms with van der Waals surface area (Å²) in [7, 11) is 0. The Balaban J connectivity index is 1.94. The summed E-state index contributed by atoms with van der Waals surface area (Å²) in [5.41, 5.74) is 3.74. The normalized spacial score (nSPS) is 12.6. The SMILES string of the molecule is Cc1cccc(CNC(C)c2nc(C)cs2)c1. The first-order valence-electron chi connectivity index (χ1n) is 5.86. The topological polar surface area (TPSA) is 24.9 Å². The zero-order valence-corrected chi connectivity index (χ0v) is 11.3. The van der Waals surface area contributed by atoms with Gasteiger partial charge in [0, 0.05) is 17.6 Å². The van der Waals surface area contributed by atoms with Gasteiger partial charge in [-0.05, 0) is 26.3 Å². The van der Waals surface area contributed by atoms with Crippen molar-refractivity contribution in [1.82, 2.24) is 10.3 Å². The molecular formula is C14H18N2S. The minimum Gasteiger partial charge on any atom is -0.304 e. The van der Waals surface area contributed by atoms with Gasteiger partial charge in [0.05, 0.1) is 6.04 Å². The van der Waals surface area contributed by atoms with E-state index in [4.69, 9.17) is 0 Å². The third-order valence-electron chi connectivity index (χ3n) is 2.70. The van der Waals surface area contributed by atoms with Crippen LogP contribution in [0.2, 0.25) is 0 Å². The van der Waals surface area contributed by atoms with Crippen LogP contribution < -0.4 is 5.32 Å². The maximum absolute atomic E-state index is 4.50. The van der Waals surface area contributed by atoms with E-state index in [-0.39, 0.29) is 0 Å². The first-order chi connectivity index (χ1) is 8.15. The molecule has 2 aromatic rings. The molecule has 1 heterocycles. The Morgan fingerprint density at radius 1 is 1.35 bits per heavy atom. The predicted molar refractivity (Wildman–Crippen MR) is 73.3 cm³/mol. The molecule has 2 nitrogen and oxygen atoms in total. The summed E-state index contributed by atoms with van der Waals surface area (Å²) in [6.07, 6.45) is 0. The maximum Gasteiger partial charge on any atom is 0.110 e. The molecule has 0 bridgehead atoms. The van der Waals surface area contributed by atoms with Crippen LogP contribution in [0.5, 0.6) is 0 Å². The highest BCUT2D eigenvalue weighted by Gasteiger charge is 2.08. The standard InChI is InChI=1S/C14H18N2S/c1-10-5-4-6-13(7-10)8-15-12(3)14-16-11(2)9-17-14/h4-7,9,12,15H,8H2,1-3H3. The van der Waals surface area contributed by atoms with E-state index < -0.39 is 0 Å². The van der Waals surface area contributed by atoms with Crippen LogP contribution in [-0.4, -0.2) is 4.98 Å². The average molecular weight is 246 g/mol. The van der Waals surface area contributed by atoms with Gasteiger partial charge in [0.2, 0.25) is 0 Å². The van der Waals surface area contributed by atoms with Crippen LogP contribution >= 0.6 is 11.3 Å². The van der Waals surface area contributed by atoms with Gasteiger partial charge in [-0.25, -0.2) is 4.98 Å². The highest BCUT2D eigenvalue weighted by atomic mass is 32.1. The van der Waals surface area contributed by atoms with Gasteiger partial charge in [0.1, 0.15) is 5.01 Å². The molecule has 1 aromatic heterocycles. The van der Waals surface area contributed by atoms with Gasteiger partial charge in [-0.3, -0.25) is 0 Å². The minimum atomic E-state index is 0.314. The highest BCUT2D eigenvalue weighted by Crippen LogP contribution is 2.17. The van der Waals surface area contributed by atoms with Crippen molar-refractivity contribution >= 4 is 11.3 Å². The number of nitrogens with zero attached hydrogens (tertiary/aromatic N) is 1. The van der Waals surface area contributed by atoms with Gasteiger partial charge in [0.15, 0.2) is 0 Å². The third-order valence-corrected chi connectivity index (χ3v) is 3.85. The summed E-state index contributed by atoms with van der Waals surface area (Å²) in [6.45, 7) is 7.21. The average Bonchev–Trinajstić information content (AvgIpc) is 2.73. The fourth-order valence-electron chi connectivity index (χ4n) is 1.75. The Kier molecular flexibility index (Phi) is 3.92. The van der Waals surface area contributed by atoms with Crippen LogP contribution in [0.15, 0.2) is 29.6 Å². The van der Waals surface area contributed by atoms with Gasteiger partial charge < -0.3 is 5.32 Å². The summed E-state index contributed by atoms with van der Waals surface area (Å²) < 4.78 is 0. The summed E-state index contributed by atoms with van der Waals surface area (Å²) in [5, 5.41) is 6.76. The number of nitrogens with one attached hydrogen (secondary N) is 1. The van der Waals surface area contributed by atoms with Gasteiger partial charge in [-0.2, -0.15) is 0 Å². The Morgan fingerprint density at radius 3 is 2.82 bits per heavy atom. The lowest BCUT2D eigenvalue weighted by molar-refractivity contribution is 0.571. The summed E-state index contributed by atoms with van der Waals surface area (Å²) >= 11 is 1.72. The predicted octanol–water partition coefficient (Wildman–Crippen LogP) is 3.61. The molecule has 0 amide bonds. The lowest BCUT2D eigenvalue weighted by Crippen LogP contribution is -2.17. The lowest BCUT2D eigenvalue weighted by Gasteiger charge is -2.11. The molecule has 3 heteroatoms. The monoisotopic (exact) mass is 246 g/mol. The van der Waals surface area contributed by atoms with Gasteiger partial charge in [-0.1, -0.05) is 29.8 Å². The van der Waals surface area contributed by atoms with Crippen molar-refractivity contribution in [3.8, 4) is 0 Å². The molecule has 2 rings (SSSR count). The summed E-state index contributed by atoms with van der Waals surface area (Å²) in [6, 6.07) is 8.91. The Morgan fingerprint density at radius 2 is 2.18 bits per heavy atom. The summed E-state index contributed by atoms with van der Waals surface area (Å²) in [5.74, 6) is 0. The van der Waals surface area contributed by atoms with Crippen molar-refractivity contribution in [2.45, 2.75) is 33.4 Å². The number of aryl methyl sites for hydroxylation is 2. The molecule has 0 saturated heterocycles. The van der Waals surface area contributed by atoms with Crippen LogP contribution in [0.4, 0.5) is 0 Å². The molecule has 0 saturated carbocycles. The van der Waals surface area contributed by atoms with Crippen molar-refractivity contribution in [1.29, 1.82) is 0 Å². The molecule has 0 aliphatic rings. The molecule has 1 unspecified atom stereocenters. The van der Waals surface area contributed by atoms with Crippen LogP contribution in [0.1, 0.15) is 34.8 Å². The van der Waals surface area contributed by atoms with Crippen molar-refractivity contribution < 1.29 is 0 Å². The smallest absolute Gasteiger partial charge is 0.110 e. The van der Waals surface area contributed by atoms with E-state index in [0.29, 0.717) is 6.04 Å². The molecule has 1 aromatic carbocycles. The molecule has 17 heavy (non-hydrogen) atoms.